The van der Waals surface area contributed by atoms with Crippen LogP contribution in [0.3, 0.4) is 0 Å². The van der Waals surface area contributed by atoms with E-state index in [0.29, 0.717) is 12.3 Å². The van der Waals surface area contributed by atoms with Gasteiger partial charge in [-0.1, -0.05) is 30.3 Å². The first-order valence-corrected chi connectivity index (χ1v) is 6.75. The number of fused-ring (bicyclic) bond motifs is 1. The fourth-order valence-corrected chi connectivity index (χ4v) is 2.37. The third-order valence-corrected chi connectivity index (χ3v) is 3.40. The van der Waals surface area contributed by atoms with Gasteiger partial charge in [0.2, 0.25) is 5.95 Å². The van der Waals surface area contributed by atoms with Crippen LogP contribution in [0.1, 0.15) is 12.5 Å². The molecule has 0 spiro atoms. The number of hydrogen-bond acceptors (Lipinski definition) is 3. The van der Waals surface area contributed by atoms with Crippen molar-refractivity contribution < 1.29 is 5.11 Å². The topological polar surface area (TPSA) is 50.1 Å². The summed E-state index contributed by atoms with van der Waals surface area (Å²) < 4.78 is 2.13. The number of phenols is 1. The molecule has 4 nitrogen and oxygen atoms in total. The number of nitrogens with zero attached hydrogens (tertiary/aromatic N) is 2. The second-order valence-electron chi connectivity index (χ2n) is 4.65. The zero-order chi connectivity index (χ0) is 13.9. The molecule has 3 aromatic rings. The maximum atomic E-state index is 9.79. The third-order valence-electron chi connectivity index (χ3n) is 3.40. The molecule has 4 heteroatoms. The van der Waals surface area contributed by atoms with Gasteiger partial charge in [-0.3, -0.25) is 0 Å². The first-order chi connectivity index (χ1) is 9.79. The van der Waals surface area contributed by atoms with Crippen LogP contribution in [0.25, 0.3) is 11.0 Å². The molecule has 0 aliphatic rings. The zero-order valence-corrected chi connectivity index (χ0v) is 11.4. The molecule has 0 atom stereocenters. The number of para-hydroxylation sites is 3. The average Bonchev–Trinajstić information content (AvgIpc) is 2.84. The van der Waals surface area contributed by atoms with Gasteiger partial charge in [0.25, 0.3) is 0 Å². The molecular formula is C16H17N3O. The molecule has 0 fully saturated rings. The van der Waals surface area contributed by atoms with Crippen LogP contribution in [0, 0.1) is 0 Å². The molecule has 0 bridgehead atoms. The number of aryl methyl sites for hydroxylation is 1. The molecule has 2 N–H and O–H groups in total. The van der Waals surface area contributed by atoms with Crippen molar-refractivity contribution in [3.8, 4) is 5.75 Å². The minimum Gasteiger partial charge on any atom is -0.508 e. The summed E-state index contributed by atoms with van der Waals surface area (Å²) in [5.74, 6) is 1.14. The molecule has 0 amide bonds. The van der Waals surface area contributed by atoms with Crippen LogP contribution in [0.4, 0.5) is 5.95 Å². The van der Waals surface area contributed by atoms with Crippen molar-refractivity contribution >= 4 is 17.0 Å². The lowest BCUT2D eigenvalue weighted by atomic mass is 10.2. The third kappa shape index (κ3) is 2.20. The Morgan fingerprint density at radius 1 is 1.10 bits per heavy atom. The molecule has 0 aliphatic carbocycles. The number of nitrogens with one attached hydrogen (secondary N) is 1. The van der Waals surface area contributed by atoms with E-state index in [1.807, 2.05) is 36.4 Å². The van der Waals surface area contributed by atoms with Crippen molar-refractivity contribution in [2.45, 2.75) is 20.0 Å². The van der Waals surface area contributed by atoms with E-state index in [1.54, 1.807) is 6.07 Å². The number of aromatic hydroxyl groups is 1. The lowest BCUT2D eigenvalue weighted by Crippen LogP contribution is -2.06. The second kappa shape index (κ2) is 5.25. The molecule has 1 heterocycles. The highest BCUT2D eigenvalue weighted by atomic mass is 16.3. The largest absolute Gasteiger partial charge is 0.508 e. The summed E-state index contributed by atoms with van der Waals surface area (Å²) in [6.07, 6.45) is 0. The van der Waals surface area contributed by atoms with E-state index in [9.17, 15) is 5.11 Å². The highest BCUT2D eigenvalue weighted by Gasteiger charge is 2.09. The van der Waals surface area contributed by atoms with E-state index in [1.165, 1.54) is 0 Å². The van der Waals surface area contributed by atoms with Crippen molar-refractivity contribution in [1.82, 2.24) is 9.55 Å². The van der Waals surface area contributed by atoms with Crippen LogP contribution >= 0.6 is 0 Å². The number of benzene rings is 2. The summed E-state index contributed by atoms with van der Waals surface area (Å²) in [7, 11) is 0. The highest BCUT2D eigenvalue weighted by Crippen LogP contribution is 2.21. The Morgan fingerprint density at radius 3 is 2.65 bits per heavy atom. The average molecular weight is 267 g/mol. The van der Waals surface area contributed by atoms with Gasteiger partial charge >= 0.3 is 0 Å². The SMILES string of the molecule is CCn1c(NCc2ccccc2O)nc2ccccc21. The summed E-state index contributed by atoms with van der Waals surface area (Å²) in [5, 5.41) is 13.1. The number of aromatic nitrogens is 2. The van der Waals surface area contributed by atoms with Crippen LogP contribution in [-0.4, -0.2) is 14.7 Å². The fraction of sp³-hybridized carbons (Fsp3) is 0.188. The number of rotatable bonds is 4. The molecular weight excluding hydrogens is 250 g/mol. The summed E-state index contributed by atoms with van der Waals surface area (Å²) in [6, 6.07) is 15.4. The molecule has 3 rings (SSSR count). The molecule has 102 valence electrons. The number of phenolic OH excluding ortho intramolecular Hbond substituents is 1. The summed E-state index contributed by atoms with van der Waals surface area (Å²) >= 11 is 0. The Hall–Kier alpha value is -2.49. The molecule has 1 aromatic heterocycles. The molecule has 2 aromatic carbocycles. The van der Waals surface area contributed by atoms with Gasteiger partial charge in [0.15, 0.2) is 0 Å². The number of anilines is 1. The monoisotopic (exact) mass is 267 g/mol. The Morgan fingerprint density at radius 2 is 1.85 bits per heavy atom. The van der Waals surface area contributed by atoms with Gasteiger partial charge in [0.1, 0.15) is 5.75 Å². The predicted octanol–water partition coefficient (Wildman–Crippen LogP) is 3.37. The number of hydrogen-bond donors (Lipinski definition) is 2. The van der Waals surface area contributed by atoms with E-state index in [4.69, 9.17) is 0 Å². The molecule has 0 aliphatic heterocycles. The van der Waals surface area contributed by atoms with Crippen LogP contribution in [0.5, 0.6) is 5.75 Å². The van der Waals surface area contributed by atoms with E-state index in [-0.39, 0.29) is 0 Å². The summed E-state index contributed by atoms with van der Waals surface area (Å²) in [4.78, 5) is 4.60. The van der Waals surface area contributed by atoms with Crippen molar-refractivity contribution in [1.29, 1.82) is 0 Å². The summed E-state index contributed by atoms with van der Waals surface area (Å²) in [5.41, 5.74) is 2.96. The molecule has 20 heavy (non-hydrogen) atoms. The standard InChI is InChI=1S/C16H17N3O/c1-2-19-14-9-5-4-8-13(14)18-16(19)17-11-12-7-3-6-10-15(12)20/h3-10,20H,2,11H2,1H3,(H,17,18). The van der Waals surface area contributed by atoms with Gasteiger partial charge in [0, 0.05) is 18.7 Å². The van der Waals surface area contributed by atoms with Crippen LogP contribution in [-0.2, 0) is 13.1 Å². The molecule has 0 saturated carbocycles. The molecule has 0 radical (unpaired) electrons. The van der Waals surface area contributed by atoms with Crippen LogP contribution < -0.4 is 5.32 Å². The van der Waals surface area contributed by atoms with Gasteiger partial charge in [0.05, 0.1) is 11.0 Å². The number of imidazole rings is 1. The Labute approximate surface area is 117 Å². The van der Waals surface area contributed by atoms with Crippen molar-refractivity contribution in [3.63, 3.8) is 0 Å². The minimum absolute atomic E-state index is 0.305. The summed E-state index contributed by atoms with van der Waals surface area (Å²) in [6.45, 7) is 3.50. The minimum atomic E-state index is 0.305. The van der Waals surface area contributed by atoms with Crippen LogP contribution in [0.15, 0.2) is 48.5 Å². The quantitative estimate of drug-likeness (QED) is 0.762. The van der Waals surface area contributed by atoms with Crippen LogP contribution in [0.2, 0.25) is 0 Å². The predicted molar refractivity (Wildman–Crippen MR) is 80.8 cm³/mol. The van der Waals surface area contributed by atoms with Gasteiger partial charge in [-0.2, -0.15) is 0 Å². The maximum Gasteiger partial charge on any atom is 0.204 e. The van der Waals surface area contributed by atoms with E-state index in [2.05, 4.69) is 27.9 Å². The second-order valence-corrected chi connectivity index (χ2v) is 4.65. The Bertz CT molecular complexity index is 733. The van der Waals surface area contributed by atoms with Gasteiger partial charge < -0.3 is 15.0 Å². The first kappa shape index (κ1) is 12.5. The van der Waals surface area contributed by atoms with Gasteiger partial charge in [-0.25, -0.2) is 4.98 Å². The Balaban J connectivity index is 1.89. The lowest BCUT2D eigenvalue weighted by Gasteiger charge is -2.09. The van der Waals surface area contributed by atoms with Gasteiger partial charge in [-0.15, -0.1) is 0 Å². The Kier molecular flexibility index (Phi) is 3.29. The highest BCUT2D eigenvalue weighted by molar-refractivity contribution is 5.78. The smallest absolute Gasteiger partial charge is 0.204 e. The van der Waals surface area contributed by atoms with E-state index < -0.39 is 0 Å². The van der Waals surface area contributed by atoms with E-state index in [0.717, 1.165) is 29.1 Å². The normalized spacial score (nSPS) is 10.8. The maximum absolute atomic E-state index is 9.79. The van der Waals surface area contributed by atoms with E-state index >= 15 is 0 Å². The molecule has 0 unspecified atom stereocenters. The zero-order valence-electron chi connectivity index (χ0n) is 11.4. The van der Waals surface area contributed by atoms with Crippen molar-refractivity contribution in [2.75, 3.05) is 5.32 Å². The fourth-order valence-electron chi connectivity index (χ4n) is 2.37. The molecule has 0 saturated heterocycles. The first-order valence-electron chi connectivity index (χ1n) is 6.75. The van der Waals surface area contributed by atoms with Gasteiger partial charge in [-0.05, 0) is 25.1 Å². The lowest BCUT2D eigenvalue weighted by molar-refractivity contribution is 0.469. The van der Waals surface area contributed by atoms with Crippen molar-refractivity contribution in [2.24, 2.45) is 0 Å². The van der Waals surface area contributed by atoms with Crippen molar-refractivity contribution in [3.05, 3.63) is 54.1 Å².